The molecular weight excluding hydrogens is 373 g/mol. The van der Waals surface area contributed by atoms with Crippen LogP contribution in [0.1, 0.15) is 29.1 Å². The summed E-state index contributed by atoms with van der Waals surface area (Å²) in [6.45, 7) is 1.31. The van der Waals surface area contributed by atoms with Crippen molar-refractivity contribution in [2.24, 2.45) is 5.92 Å². The molecule has 2 heterocycles. The normalized spacial score (nSPS) is 16.6. The molecular formula is C22H22FN3O3. The van der Waals surface area contributed by atoms with E-state index in [1.807, 2.05) is 17.0 Å². The third kappa shape index (κ3) is 4.13. The van der Waals surface area contributed by atoms with Crippen LogP contribution in [0, 0.1) is 11.7 Å². The van der Waals surface area contributed by atoms with Crippen LogP contribution in [0.25, 0.3) is 11.4 Å². The number of hydrogen-bond acceptors (Lipinski definition) is 5. The maximum Gasteiger partial charge on any atom is 0.257 e. The van der Waals surface area contributed by atoms with E-state index in [0.717, 1.165) is 12.8 Å². The molecule has 29 heavy (non-hydrogen) atoms. The Kier molecular flexibility index (Phi) is 5.55. The lowest BCUT2D eigenvalue weighted by Crippen LogP contribution is -2.40. The minimum atomic E-state index is -0.383. The molecule has 4 rings (SSSR count). The Morgan fingerprint density at radius 3 is 2.86 bits per heavy atom. The maximum absolute atomic E-state index is 13.9. The average Bonchev–Trinajstić information content (AvgIpc) is 3.22. The molecule has 3 aromatic rings. The number of carbonyl (C=O) groups is 1. The fraction of sp³-hybridized carbons (Fsp3) is 0.318. The van der Waals surface area contributed by atoms with Gasteiger partial charge in [-0.1, -0.05) is 29.4 Å². The Morgan fingerprint density at radius 1 is 1.24 bits per heavy atom. The lowest BCUT2D eigenvalue weighted by molar-refractivity contribution is 0.0665. The predicted molar refractivity (Wildman–Crippen MR) is 105 cm³/mol. The number of piperidine rings is 1. The van der Waals surface area contributed by atoms with Crippen LogP contribution in [0.3, 0.4) is 0 Å². The Morgan fingerprint density at radius 2 is 2.03 bits per heavy atom. The summed E-state index contributed by atoms with van der Waals surface area (Å²) in [5.74, 6) is 1.06. The van der Waals surface area contributed by atoms with E-state index in [0.29, 0.717) is 42.3 Å². The molecule has 1 atom stereocenters. The largest absolute Gasteiger partial charge is 0.496 e. The van der Waals surface area contributed by atoms with Crippen LogP contribution in [0.5, 0.6) is 5.75 Å². The highest BCUT2D eigenvalue weighted by atomic mass is 19.1. The monoisotopic (exact) mass is 395 g/mol. The number of aromatic nitrogens is 2. The molecule has 1 aromatic heterocycles. The number of benzene rings is 2. The van der Waals surface area contributed by atoms with Crippen LogP contribution in [-0.2, 0) is 6.42 Å². The van der Waals surface area contributed by atoms with Crippen LogP contribution < -0.4 is 4.74 Å². The summed E-state index contributed by atoms with van der Waals surface area (Å²) in [4.78, 5) is 19.2. The lowest BCUT2D eigenvalue weighted by Gasteiger charge is -2.32. The molecule has 1 aliphatic rings. The van der Waals surface area contributed by atoms with Crippen molar-refractivity contribution in [1.29, 1.82) is 0 Å². The third-order valence-corrected chi connectivity index (χ3v) is 5.19. The minimum absolute atomic E-state index is 0.0373. The SMILES string of the molecule is COc1ccccc1C(=O)N1CCCC(Cc2nc(-c3ccccc3F)no2)C1. The number of halogens is 1. The number of carbonyl (C=O) groups excluding carboxylic acids is 1. The summed E-state index contributed by atoms with van der Waals surface area (Å²) < 4.78 is 24.6. The first kappa shape index (κ1) is 19.1. The molecule has 150 valence electrons. The van der Waals surface area contributed by atoms with Gasteiger partial charge in [0.15, 0.2) is 0 Å². The first-order valence-corrected chi connectivity index (χ1v) is 9.65. The fourth-order valence-corrected chi connectivity index (χ4v) is 3.74. The summed E-state index contributed by atoms with van der Waals surface area (Å²) in [5, 5.41) is 3.91. The molecule has 1 fully saturated rings. The van der Waals surface area contributed by atoms with Gasteiger partial charge in [0.25, 0.3) is 5.91 Å². The second kappa shape index (κ2) is 8.43. The second-order valence-corrected chi connectivity index (χ2v) is 7.16. The van der Waals surface area contributed by atoms with E-state index >= 15 is 0 Å². The summed E-state index contributed by atoms with van der Waals surface area (Å²) >= 11 is 0. The highest BCUT2D eigenvalue weighted by molar-refractivity contribution is 5.97. The molecule has 0 aliphatic carbocycles. The van der Waals surface area contributed by atoms with Crippen molar-refractivity contribution in [3.63, 3.8) is 0 Å². The molecule has 1 amide bonds. The first-order chi connectivity index (χ1) is 14.2. The zero-order chi connectivity index (χ0) is 20.2. The van der Waals surface area contributed by atoms with Crippen molar-refractivity contribution in [1.82, 2.24) is 15.0 Å². The molecule has 1 aliphatic heterocycles. The van der Waals surface area contributed by atoms with Gasteiger partial charge in [0.2, 0.25) is 11.7 Å². The topological polar surface area (TPSA) is 68.5 Å². The average molecular weight is 395 g/mol. The zero-order valence-corrected chi connectivity index (χ0v) is 16.2. The van der Waals surface area contributed by atoms with Crippen LogP contribution in [0.4, 0.5) is 4.39 Å². The molecule has 0 bridgehead atoms. The Balaban J connectivity index is 1.44. The maximum atomic E-state index is 13.9. The van der Waals surface area contributed by atoms with Gasteiger partial charge >= 0.3 is 0 Å². The van der Waals surface area contributed by atoms with Crippen molar-refractivity contribution < 1.29 is 18.4 Å². The molecule has 6 nitrogen and oxygen atoms in total. The summed E-state index contributed by atoms with van der Waals surface area (Å²) in [7, 11) is 1.56. The van der Waals surface area contributed by atoms with E-state index in [4.69, 9.17) is 9.26 Å². The first-order valence-electron chi connectivity index (χ1n) is 9.65. The number of hydrogen-bond donors (Lipinski definition) is 0. The number of likely N-dealkylation sites (tertiary alicyclic amines) is 1. The number of ether oxygens (including phenoxy) is 1. The van der Waals surface area contributed by atoms with Crippen molar-refractivity contribution in [3.8, 4) is 17.1 Å². The van der Waals surface area contributed by atoms with Gasteiger partial charge in [-0.05, 0) is 43.0 Å². The highest BCUT2D eigenvalue weighted by Gasteiger charge is 2.27. The lowest BCUT2D eigenvalue weighted by atomic mass is 9.94. The highest BCUT2D eigenvalue weighted by Crippen LogP contribution is 2.26. The summed E-state index contributed by atoms with van der Waals surface area (Å²) in [6.07, 6.45) is 2.42. The van der Waals surface area contributed by atoms with Gasteiger partial charge in [0.05, 0.1) is 18.2 Å². The van der Waals surface area contributed by atoms with Crippen molar-refractivity contribution in [3.05, 3.63) is 65.8 Å². The van der Waals surface area contributed by atoms with Crippen LogP contribution in [0.2, 0.25) is 0 Å². The molecule has 0 N–H and O–H groups in total. The quantitative estimate of drug-likeness (QED) is 0.654. The van der Waals surface area contributed by atoms with Gasteiger partial charge in [0, 0.05) is 19.5 Å². The Labute approximate surface area is 168 Å². The van der Waals surface area contributed by atoms with Crippen LogP contribution in [0.15, 0.2) is 53.1 Å². The van der Waals surface area contributed by atoms with Crippen molar-refractivity contribution in [2.45, 2.75) is 19.3 Å². The standard InChI is InChI=1S/C22H22FN3O3/c1-28-19-11-5-3-9-17(19)22(27)26-12-6-7-15(14-26)13-20-24-21(25-29-20)16-8-2-4-10-18(16)23/h2-5,8-11,15H,6-7,12-14H2,1H3. The molecule has 0 radical (unpaired) electrons. The van der Waals surface area contributed by atoms with Crippen LogP contribution in [-0.4, -0.2) is 41.1 Å². The van der Waals surface area contributed by atoms with E-state index in [-0.39, 0.29) is 23.5 Å². The summed E-state index contributed by atoms with van der Waals surface area (Å²) in [6, 6.07) is 13.6. The van der Waals surface area contributed by atoms with E-state index < -0.39 is 0 Å². The van der Waals surface area contributed by atoms with Crippen LogP contribution >= 0.6 is 0 Å². The summed E-state index contributed by atoms with van der Waals surface area (Å²) in [5.41, 5.74) is 0.884. The molecule has 7 heteroatoms. The number of rotatable bonds is 5. The molecule has 2 aromatic carbocycles. The molecule has 0 saturated carbocycles. The van der Waals surface area contributed by atoms with Gasteiger partial charge < -0.3 is 14.2 Å². The van der Waals surface area contributed by atoms with E-state index in [1.54, 1.807) is 37.4 Å². The Bertz CT molecular complexity index is 1000. The smallest absolute Gasteiger partial charge is 0.257 e. The van der Waals surface area contributed by atoms with E-state index in [2.05, 4.69) is 10.1 Å². The van der Waals surface area contributed by atoms with Crippen molar-refractivity contribution in [2.75, 3.05) is 20.2 Å². The zero-order valence-electron chi connectivity index (χ0n) is 16.2. The van der Waals surface area contributed by atoms with Gasteiger partial charge in [-0.3, -0.25) is 4.79 Å². The number of amides is 1. The molecule has 1 saturated heterocycles. The number of para-hydroxylation sites is 1. The van der Waals surface area contributed by atoms with Gasteiger partial charge in [0.1, 0.15) is 11.6 Å². The minimum Gasteiger partial charge on any atom is -0.496 e. The second-order valence-electron chi connectivity index (χ2n) is 7.16. The number of methoxy groups -OCH3 is 1. The third-order valence-electron chi connectivity index (χ3n) is 5.19. The van der Waals surface area contributed by atoms with E-state index in [1.165, 1.54) is 6.07 Å². The molecule has 0 spiro atoms. The Hall–Kier alpha value is -3.22. The van der Waals surface area contributed by atoms with Gasteiger partial charge in [-0.2, -0.15) is 4.98 Å². The fourth-order valence-electron chi connectivity index (χ4n) is 3.74. The molecule has 1 unspecified atom stereocenters. The predicted octanol–water partition coefficient (Wildman–Crippen LogP) is 3.98. The van der Waals surface area contributed by atoms with Gasteiger partial charge in [-0.15, -0.1) is 0 Å². The van der Waals surface area contributed by atoms with Crippen molar-refractivity contribution >= 4 is 5.91 Å². The number of nitrogens with zero attached hydrogens (tertiary/aromatic N) is 3. The van der Waals surface area contributed by atoms with Gasteiger partial charge in [-0.25, -0.2) is 4.39 Å². The van der Waals surface area contributed by atoms with E-state index in [9.17, 15) is 9.18 Å².